The number of allylic oxidation sites excluding steroid dienone is 1. The highest BCUT2D eigenvalue weighted by atomic mass is 16.5. The molecular formula is C23H20N6O2. The number of aliphatic imine (C=N–C) groups is 3. The molecule has 0 unspecified atom stereocenters. The Morgan fingerprint density at radius 3 is 2.68 bits per heavy atom. The molecule has 0 atom stereocenters. The molecule has 1 aromatic rings. The van der Waals surface area contributed by atoms with E-state index in [4.69, 9.17) is 19.7 Å². The van der Waals surface area contributed by atoms with Crippen LogP contribution >= 0.6 is 0 Å². The number of aryl methyl sites for hydroxylation is 2. The Morgan fingerprint density at radius 1 is 1.32 bits per heavy atom. The zero-order valence-electron chi connectivity index (χ0n) is 17.3. The van der Waals surface area contributed by atoms with Crippen LogP contribution in [0.5, 0.6) is 5.75 Å². The van der Waals surface area contributed by atoms with Gasteiger partial charge in [-0.3, -0.25) is 9.89 Å². The van der Waals surface area contributed by atoms with E-state index in [1.165, 1.54) is 6.08 Å². The zero-order chi connectivity index (χ0) is 21.8. The fraction of sp³-hybridized carbons (Fsp3) is 0.348. The highest BCUT2D eigenvalue weighted by Crippen LogP contribution is 2.80. The van der Waals surface area contributed by atoms with E-state index in [-0.39, 0.29) is 11.0 Å². The van der Waals surface area contributed by atoms with Crippen LogP contribution in [0.15, 0.2) is 44.8 Å². The van der Waals surface area contributed by atoms with Gasteiger partial charge in [-0.1, -0.05) is 0 Å². The largest absolute Gasteiger partial charge is 0.463 e. The average Bonchev–Trinajstić information content (AvgIpc) is 3.36. The number of rotatable bonds is 5. The Bertz CT molecular complexity index is 1190. The predicted octanol–water partition coefficient (Wildman–Crippen LogP) is 3.25. The molecule has 8 heteroatoms. The number of amidine groups is 2. The number of ether oxygens (including phenoxy) is 2. The van der Waals surface area contributed by atoms with Gasteiger partial charge >= 0.3 is 0 Å². The smallest absolute Gasteiger partial charge is 0.299 e. The van der Waals surface area contributed by atoms with Crippen molar-refractivity contribution in [2.45, 2.75) is 32.2 Å². The second-order valence-electron chi connectivity index (χ2n) is 8.27. The van der Waals surface area contributed by atoms with Gasteiger partial charge in [-0.15, -0.1) is 0 Å². The maximum Gasteiger partial charge on any atom is 0.299 e. The van der Waals surface area contributed by atoms with Gasteiger partial charge in [-0.25, -0.2) is 4.99 Å². The summed E-state index contributed by atoms with van der Waals surface area (Å²) in [5.74, 6) is 1.45. The van der Waals surface area contributed by atoms with Crippen molar-refractivity contribution in [2.24, 2.45) is 20.4 Å². The highest BCUT2D eigenvalue weighted by molar-refractivity contribution is 6.12. The molecule has 0 spiro atoms. The van der Waals surface area contributed by atoms with Crippen LogP contribution < -0.4 is 4.74 Å². The van der Waals surface area contributed by atoms with Crippen molar-refractivity contribution in [1.82, 2.24) is 4.90 Å². The summed E-state index contributed by atoms with van der Waals surface area (Å²) in [7, 11) is 0. The number of nitrogens with zero attached hydrogens (tertiary/aromatic N) is 6. The van der Waals surface area contributed by atoms with Gasteiger partial charge in [-0.05, 0) is 68.3 Å². The van der Waals surface area contributed by atoms with Gasteiger partial charge in [0.15, 0.2) is 11.5 Å². The van der Waals surface area contributed by atoms with E-state index in [0.29, 0.717) is 42.3 Å². The zero-order valence-corrected chi connectivity index (χ0v) is 17.3. The molecule has 2 heterocycles. The molecule has 1 aromatic carbocycles. The van der Waals surface area contributed by atoms with Crippen molar-refractivity contribution in [3.63, 3.8) is 0 Å². The van der Waals surface area contributed by atoms with Gasteiger partial charge < -0.3 is 9.47 Å². The monoisotopic (exact) mass is 412 g/mol. The fourth-order valence-electron chi connectivity index (χ4n) is 4.31. The van der Waals surface area contributed by atoms with E-state index in [9.17, 15) is 5.26 Å². The third kappa shape index (κ3) is 2.83. The fourth-order valence-corrected chi connectivity index (χ4v) is 4.31. The summed E-state index contributed by atoms with van der Waals surface area (Å²) in [4.78, 5) is 15.4. The third-order valence-corrected chi connectivity index (χ3v) is 6.20. The number of hydrogen-bond acceptors (Lipinski definition) is 7. The van der Waals surface area contributed by atoms with Crippen molar-refractivity contribution >= 4 is 24.7 Å². The summed E-state index contributed by atoms with van der Waals surface area (Å²) in [6.45, 7) is 8.73. The number of benzene rings is 1. The van der Waals surface area contributed by atoms with Crippen LogP contribution in [0.2, 0.25) is 0 Å². The lowest BCUT2D eigenvalue weighted by atomic mass is 10.1. The average molecular weight is 412 g/mol. The lowest BCUT2D eigenvalue weighted by Crippen LogP contribution is -2.24. The summed E-state index contributed by atoms with van der Waals surface area (Å²) in [5.41, 5.74) is 2.71. The second-order valence-corrected chi connectivity index (χ2v) is 8.27. The Kier molecular flexibility index (Phi) is 4.03. The summed E-state index contributed by atoms with van der Waals surface area (Å²) in [6.07, 6.45) is 4.74. The van der Waals surface area contributed by atoms with Crippen molar-refractivity contribution in [3.05, 3.63) is 46.5 Å². The molecule has 2 aliphatic heterocycles. The molecule has 0 aromatic heterocycles. The maximum absolute atomic E-state index is 9.38. The Labute approximate surface area is 180 Å². The number of fused-ring (bicyclic) bond motifs is 2. The summed E-state index contributed by atoms with van der Waals surface area (Å²) in [6, 6.07) is 8.75. The van der Waals surface area contributed by atoms with Crippen molar-refractivity contribution < 1.29 is 9.47 Å². The van der Waals surface area contributed by atoms with Gasteiger partial charge in [0.1, 0.15) is 12.4 Å². The van der Waals surface area contributed by atoms with E-state index in [0.717, 1.165) is 29.5 Å². The molecule has 31 heavy (non-hydrogen) atoms. The minimum Gasteiger partial charge on any atom is -0.463 e. The normalized spacial score (nSPS) is 30.1. The van der Waals surface area contributed by atoms with Crippen LogP contribution in [0, 0.1) is 41.9 Å². The molecule has 4 aliphatic rings. The highest BCUT2D eigenvalue weighted by Gasteiger charge is 2.85. The van der Waals surface area contributed by atoms with Crippen LogP contribution in [-0.4, -0.2) is 42.2 Å². The summed E-state index contributed by atoms with van der Waals surface area (Å²) in [5, 5.41) is 18.2. The first-order chi connectivity index (χ1) is 15.0. The van der Waals surface area contributed by atoms with Gasteiger partial charge in [0.2, 0.25) is 5.88 Å². The van der Waals surface area contributed by atoms with E-state index in [1.807, 2.05) is 36.9 Å². The maximum atomic E-state index is 9.38. The molecule has 154 valence electrons. The Morgan fingerprint density at radius 2 is 2.06 bits per heavy atom. The SMILES string of the molecule is C=N/C(Oc1c(C)cc(/C=C/C#N)cc1C)=C1\C(=NC23CC2(C#N)C3)N=C2OCCN21. The molecule has 5 rings (SSSR count). The molecule has 0 bridgehead atoms. The van der Waals surface area contributed by atoms with E-state index >= 15 is 0 Å². The molecule has 1 saturated heterocycles. The van der Waals surface area contributed by atoms with Gasteiger partial charge in [0.25, 0.3) is 6.02 Å². The van der Waals surface area contributed by atoms with Crippen molar-refractivity contribution in [2.75, 3.05) is 13.2 Å². The van der Waals surface area contributed by atoms with Crippen molar-refractivity contribution in [1.29, 1.82) is 10.5 Å². The topological polar surface area (TPSA) is 106 Å². The van der Waals surface area contributed by atoms with E-state index < -0.39 is 0 Å². The minimum atomic E-state index is -0.320. The minimum absolute atomic E-state index is 0.301. The van der Waals surface area contributed by atoms with Crippen LogP contribution in [0.1, 0.15) is 29.5 Å². The molecule has 0 N–H and O–H groups in total. The van der Waals surface area contributed by atoms with Crippen LogP contribution in [0.4, 0.5) is 0 Å². The van der Waals surface area contributed by atoms with E-state index in [2.05, 4.69) is 22.8 Å². The summed E-state index contributed by atoms with van der Waals surface area (Å²) < 4.78 is 11.9. The van der Waals surface area contributed by atoms with Crippen molar-refractivity contribution in [3.8, 4) is 17.9 Å². The first-order valence-electron chi connectivity index (χ1n) is 10.0. The molecule has 3 fully saturated rings. The lowest BCUT2D eigenvalue weighted by molar-refractivity contribution is 0.353. The first-order valence-corrected chi connectivity index (χ1v) is 10.0. The van der Waals surface area contributed by atoms with Crippen LogP contribution in [0.3, 0.4) is 0 Å². The predicted molar refractivity (Wildman–Crippen MR) is 115 cm³/mol. The van der Waals surface area contributed by atoms with Crippen LogP contribution in [0.25, 0.3) is 6.08 Å². The van der Waals surface area contributed by atoms with Gasteiger partial charge in [-0.2, -0.15) is 15.5 Å². The first kappa shape index (κ1) is 19.1. The van der Waals surface area contributed by atoms with Gasteiger partial charge in [0, 0.05) is 6.08 Å². The number of hydrogen-bond donors (Lipinski definition) is 0. The molecule has 0 radical (unpaired) electrons. The lowest BCUT2D eigenvalue weighted by Gasteiger charge is -2.18. The summed E-state index contributed by atoms with van der Waals surface area (Å²) >= 11 is 0. The second kappa shape index (κ2) is 6.55. The molecule has 2 aliphatic carbocycles. The van der Waals surface area contributed by atoms with E-state index in [1.54, 1.807) is 6.08 Å². The molecule has 8 nitrogen and oxygen atoms in total. The molecule has 0 amide bonds. The Hall–Kier alpha value is -3.91. The number of nitriles is 2. The standard InChI is InChI=1S/C23H20N6O2/c1-14-9-16(5-4-6-24)10-15(2)18(14)31-20(26-3)17-19(27-21-29(17)7-8-30-21)28-23-11-22(23,12-23)13-25/h4-5,9-10H,3,7-8,11-12H2,1-2H3/b5-4+,20-17-,28-19?. The quantitative estimate of drug-likeness (QED) is 0.419. The third-order valence-electron chi connectivity index (χ3n) is 6.20. The molecule has 2 saturated carbocycles. The van der Waals surface area contributed by atoms with Gasteiger partial charge in [0.05, 0.1) is 29.6 Å². The van der Waals surface area contributed by atoms with Crippen LogP contribution in [-0.2, 0) is 4.74 Å². The Balaban J connectivity index is 1.53. The molecular weight excluding hydrogens is 392 g/mol.